The second kappa shape index (κ2) is 11.2. The molecule has 4 heteroatoms. The van der Waals surface area contributed by atoms with Crippen LogP contribution in [0, 0.1) is 17.3 Å². The van der Waals surface area contributed by atoms with Crippen molar-refractivity contribution in [2.75, 3.05) is 39.6 Å². The molecule has 26 heavy (non-hydrogen) atoms. The Labute approximate surface area is 159 Å². The molecule has 0 fully saturated rings. The zero-order chi connectivity index (χ0) is 19.5. The largest absolute Gasteiger partial charge is 0.490 e. The van der Waals surface area contributed by atoms with Crippen molar-refractivity contribution < 1.29 is 18.9 Å². The minimum Gasteiger partial charge on any atom is -0.490 e. The molecule has 0 N–H and O–H groups in total. The molecule has 0 saturated heterocycles. The van der Waals surface area contributed by atoms with E-state index < -0.39 is 0 Å². The molecule has 4 nitrogen and oxygen atoms in total. The standard InChI is InChI=1S/C22H34O4/c1-21(2,3)12-11-19-9-7-8-10-20(19)25-17-15-23-13-14-24-16-18-26-22(4,5)6/h7-10H,13-18H2,1-6H3. The molecule has 0 aromatic heterocycles. The first-order valence-electron chi connectivity index (χ1n) is 9.22. The molecule has 0 saturated carbocycles. The quantitative estimate of drug-likeness (QED) is 0.459. The van der Waals surface area contributed by atoms with E-state index in [4.69, 9.17) is 18.9 Å². The maximum atomic E-state index is 5.80. The molecule has 1 aromatic rings. The Bertz CT molecular complexity index is 570. The summed E-state index contributed by atoms with van der Waals surface area (Å²) in [5.41, 5.74) is 0.753. The highest BCUT2D eigenvalue weighted by atomic mass is 16.6. The van der Waals surface area contributed by atoms with Gasteiger partial charge >= 0.3 is 0 Å². The van der Waals surface area contributed by atoms with E-state index >= 15 is 0 Å². The summed E-state index contributed by atoms with van der Waals surface area (Å²) in [6.07, 6.45) is 0. The molecule has 0 atom stereocenters. The van der Waals surface area contributed by atoms with E-state index in [-0.39, 0.29) is 11.0 Å². The van der Waals surface area contributed by atoms with Crippen molar-refractivity contribution in [2.45, 2.75) is 47.1 Å². The van der Waals surface area contributed by atoms with Gasteiger partial charge in [-0.05, 0) is 53.7 Å². The maximum absolute atomic E-state index is 5.80. The van der Waals surface area contributed by atoms with Crippen LogP contribution in [0.25, 0.3) is 0 Å². The lowest BCUT2D eigenvalue weighted by atomic mass is 9.97. The van der Waals surface area contributed by atoms with Crippen molar-refractivity contribution in [3.63, 3.8) is 0 Å². The summed E-state index contributed by atoms with van der Waals surface area (Å²) in [5.74, 6) is 7.23. The molecule has 0 unspecified atom stereocenters. The van der Waals surface area contributed by atoms with E-state index in [1.54, 1.807) is 0 Å². The molecular formula is C22H34O4. The average Bonchev–Trinajstić information content (AvgIpc) is 2.54. The van der Waals surface area contributed by atoms with Gasteiger partial charge in [0.15, 0.2) is 0 Å². The fraction of sp³-hybridized carbons (Fsp3) is 0.636. The molecule has 0 aliphatic heterocycles. The lowest BCUT2D eigenvalue weighted by molar-refractivity contribution is -0.0433. The first-order valence-corrected chi connectivity index (χ1v) is 9.22. The predicted octanol–water partition coefficient (Wildman–Crippen LogP) is 4.31. The highest BCUT2D eigenvalue weighted by molar-refractivity contribution is 5.46. The van der Waals surface area contributed by atoms with Crippen LogP contribution in [0.15, 0.2) is 24.3 Å². The lowest BCUT2D eigenvalue weighted by Crippen LogP contribution is -2.22. The minimum atomic E-state index is -0.120. The minimum absolute atomic E-state index is 0.0336. The number of hydrogen-bond donors (Lipinski definition) is 0. The summed E-state index contributed by atoms with van der Waals surface area (Å²) in [7, 11) is 0. The molecular weight excluding hydrogens is 328 g/mol. The third-order valence-corrected chi connectivity index (χ3v) is 3.08. The van der Waals surface area contributed by atoms with Crippen molar-refractivity contribution >= 4 is 0 Å². The van der Waals surface area contributed by atoms with Crippen molar-refractivity contribution in [2.24, 2.45) is 5.41 Å². The number of benzene rings is 1. The van der Waals surface area contributed by atoms with Gasteiger partial charge < -0.3 is 18.9 Å². The summed E-state index contributed by atoms with van der Waals surface area (Å²) >= 11 is 0. The fourth-order valence-electron chi connectivity index (χ4n) is 1.89. The van der Waals surface area contributed by atoms with E-state index in [0.29, 0.717) is 39.6 Å². The molecule has 0 radical (unpaired) electrons. The maximum Gasteiger partial charge on any atom is 0.135 e. The van der Waals surface area contributed by atoms with Crippen molar-refractivity contribution in [3.8, 4) is 17.6 Å². The summed E-state index contributed by atoms with van der Waals surface area (Å²) in [5, 5.41) is 0. The van der Waals surface area contributed by atoms with Gasteiger partial charge in [0.25, 0.3) is 0 Å². The highest BCUT2D eigenvalue weighted by Gasteiger charge is 2.09. The molecule has 0 heterocycles. The Morgan fingerprint density at radius 1 is 0.769 bits per heavy atom. The molecule has 1 aromatic carbocycles. The van der Waals surface area contributed by atoms with Gasteiger partial charge in [0.1, 0.15) is 12.4 Å². The van der Waals surface area contributed by atoms with Crippen LogP contribution >= 0.6 is 0 Å². The second-order valence-electron chi connectivity index (χ2n) is 8.03. The van der Waals surface area contributed by atoms with Crippen LogP contribution in [0.1, 0.15) is 47.1 Å². The Balaban J connectivity index is 2.18. The Morgan fingerprint density at radius 3 is 1.96 bits per heavy atom. The smallest absolute Gasteiger partial charge is 0.135 e. The topological polar surface area (TPSA) is 36.9 Å². The molecule has 146 valence electrons. The number of rotatable bonds is 10. The zero-order valence-corrected chi connectivity index (χ0v) is 17.2. The van der Waals surface area contributed by atoms with Crippen LogP contribution in [0.2, 0.25) is 0 Å². The lowest BCUT2D eigenvalue weighted by Gasteiger charge is -2.19. The van der Waals surface area contributed by atoms with E-state index in [0.717, 1.165) is 11.3 Å². The Kier molecular flexibility index (Phi) is 9.72. The van der Waals surface area contributed by atoms with Crippen LogP contribution in [-0.4, -0.2) is 45.2 Å². The van der Waals surface area contributed by atoms with E-state index in [1.165, 1.54) is 0 Å². The molecule has 0 aliphatic rings. The van der Waals surface area contributed by atoms with Crippen LogP contribution in [0.3, 0.4) is 0 Å². The van der Waals surface area contributed by atoms with Crippen LogP contribution in [0.4, 0.5) is 0 Å². The number of ether oxygens (including phenoxy) is 4. The third kappa shape index (κ3) is 11.9. The van der Waals surface area contributed by atoms with Gasteiger partial charge in [0.2, 0.25) is 0 Å². The molecule has 0 bridgehead atoms. The SMILES string of the molecule is CC(C)(C)C#Cc1ccccc1OCCOCCOCCOC(C)(C)C. The van der Waals surface area contributed by atoms with Gasteiger partial charge in [-0.3, -0.25) is 0 Å². The molecule has 0 aliphatic carbocycles. The van der Waals surface area contributed by atoms with Gasteiger partial charge in [-0.2, -0.15) is 0 Å². The van der Waals surface area contributed by atoms with Gasteiger partial charge in [0, 0.05) is 5.41 Å². The monoisotopic (exact) mass is 362 g/mol. The molecule has 1 rings (SSSR count). The number of hydrogen-bond acceptors (Lipinski definition) is 4. The summed E-state index contributed by atoms with van der Waals surface area (Å²) in [6.45, 7) is 15.7. The third-order valence-electron chi connectivity index (χ3n) is 3.08. The van der Waals surface area contributed by atoms with Crippen LogP contribution in [0.5, 0.6) is 5.75 Å². The summed E-state index contributed by atoms with van der Waals surface area (Å²) < 4.78 is 22.4. The Morgan fingerprint density at radius 2 is 1.35 bits per heavy atom. The van der Waals surface area contributed by atoms with Gasteiger partial charge in [0.05, 0.1) is 44.2 Å². The van der Waals surface area contributed by atoms with Crippen LogP contribution < -0.4 is 4.74 Å². The fourth-order valence-corrected chi connectivity index (χ4v) is 1.89. The molecule has 0 spiro atoms. The normalized spacial score (nSPS) is 11.8. The molecule has 0 amide bonds. The zero-order valence-electron chi connectivity index (χ0n) is 17.2. The predicted molar refractivity (Wildman–Crippen MR) is 106 cm³/mol. The highest BCUT2D eigenvalue weighted by Crippen LogP contribution is 2.18. The van der Waals surface area contributed by atoms with E-state index in [9.17, 15) is 0 Å². The number of para-hydroxylation sites is 1. The van der Waals surface area contributed by atoms with Crippen molar-refractivity contribution in [1.82, 2.24) is 0 Å². The summed E-state index contributed by atoms with van der Waals surface area (Å²) in [6, 6.07) is 7.83. The Hall–Kier alpha value is -1.54. The van der Waals surface area contributed by atoms with Gasteiger partial charge in [-0.25, -0.2) is 0 Å². The van der Waals surface area contributed by atoms with E-state index in [2.05, 4.69) is 32.6 Å². The van der Waals surface area contributed by atoms with Gasteiger partial charge in [-0.15, -0.1) is 0 Å². The summed E-state index contributed by atoms with van der Waals surface area (Å²) in [4.78, 5) is 0. The first kappa shape index (κ1) is 22.5. The van der Waals surface area contributed by atoms with Crippen molar-refractivity contribution in [1.29, 1.82) is 0 Å². The van der Waals surface area contributed by atoms with Crippen molar-refractivity contribution in [3.05, 3.63) is 29.8 Å². The van der Waals surface area contributed by atoms with Gasteiger partial charge in [-0.1, -0.05) is 24.0 Å². The van der Waals surface area contributed by atoms with Crippen LogP contribution in [-0.2, 0) is 14.2 Å². The first-order chi connectivity index (χ1) is 12.2. The van der Waals surface area contributed by atoms with E-state index in [1.807, 2.05) is 45.0 Å². The second-order valence-corrected chi connectivity index (χ2v) is 8.03. The average molecular weight is 363 g/mol.